The highest BCUT2D eigenvalue weighted by Crippen LogP contribution is 2.13. The quantitative estimate of drug-likeness (QED) is 0.724. The third-order valence-electron chi connectivity index (χ3n) is 3.21. The van der Waals surface area contributed by atoms with Crippen LogP contribution < -0.4 is 10.6 Å². The Morgan fingerprint density at radius 1 is 1.14 bits per heavy atom. The molecule has 0 aliphatic carbocycles. The minimum atomic E-state index is -0.740. The number of amides is 2. The molecular weight excluding hydrogens is 268 g/mol. The van der Waals surface area contributed by atoms with Crippen molar-refractivity contribution in [1.29, 1.82) is 0 Å². The number of hydrogen-bond acceptors (Lipinski definition) is 3. The van der Waals surface area contributed by atoms with Crippen LogP contribution in [0.3, 0.4) is 0 Å². The van der Waals surface area contributed by atoms with E-state index in [-0.39, 0.29) is 6.54 Å². The van der Waals surface area contributed by atoms with E-state index in [0.29, 0.717) is 18.0 Å². The van der Waals surface area contributed by atoms with Crippen molar-refractivity contribution in [3.63, 3.8) is 0 Å². The van der Waals surface area contributed by atoms with Crippen LogP contribution in [0.4, 0.5) is 5.69 Å². The van der Waals surface area contributed by atoms with Crippen molar-refractivity contribution in [3.05, 3.63) is 29.3 Å². The van der Waals surface area contributed by atoms with Gasteiger partial charge in [0.1, 0.15) is 0 Å². The van der Waals surface area contributed by atoms with Gasteiger partial charge in [0.05, 0.1) is 6.10 Å². The molecule has 5 nitrogen and oxygen atoms in total. The van der Waals surface area contributed by atoms with Gasteiger partial charge in [0.2, 0.25) is 0 Å². The predicted octanol–water partition coefficient (Wildman–Crippen LogP) is 1.77. The molecule has 2 amide bonds. The summed E-state index contributed by atoms with van der Waals surface area (Å²) in [5.74, 6) is -1.13. The summed E-state index contributed by atoms with van der Waals surface area (Å²) in [4.78, 5) is 23.4. The average molecular weight is 292 g/mol. The standard InChI is InChI=1S/C16H24N2O3/c1-10(2)7-14(19)9-17-15(20)16(21)18-13-6-5-11(3)12(4)8-13/h5-6,8,10,14,19H,7,9H2,1-4H3,(H,17,20)(H,18,21). The van der Waals surface area contributed by atoms with Crippen molar-refractivity contribution in [2.75, 3.05) is 11.9 Å². The van der Waals surface area contributed by atoms with Crippen molar-refractivity contribution in [3.8, 4) is 0 Å². The molecule has 116 valence electrons. The van der Waals surface area contributed by atoms with Crippen LogP contribution in [0.1, 0.15) is 31.4 Å². The molecule has 0 bridgehead atoms. The lowest BCUT2D eigenvalue weighted by molar-refractivity contribution is -0.136. The van der Waals surface area contributed by atoms with Crippen molar-refractivity contribution >= 4 is 17.5 Å². The minimum Gasteiger partial charge on any atom is -0.391 e. The van der Waals surface area contributed by atoms with Gasteiger partial charge in [-0.25, -0.2) is 0 Å². The number of anilines is 1. The van der Waals surface area contributed by atoms with Gasteiger partial charge in [-0.05, 0) is 49.4 Å². The van der Waals surface area contributed by atoms with E-state index in [1.54, 1.807) is 6.07 Å². The van der Waals surface area contributed by atoms with Gasteiger partial charge in [-0.15, -0.1) is 0 Å². The maximum absolute atomic E-state index is 11.7. The van der Waals surface area contributed by atoms with Crippen LogP contribution in [0.15, 0.2) is 18.2 Å². The van der Waals surface area contributed by atoms with Gasteiger partial charge in [0.25, 0.3) is 0 Å². The number of aliphatic hydroxyl groups excluding tert-OH is 1. The fraction of sp³-hybridized carbons (Fsp3) is 0.500. The molecule has 1 aromatic rings. The fourth-order valence-electron chi connectivity index (χ4n) is 1.93. The number of carbonyl (C=O) groups excluding carboxylic acids is 2. The molecule has 3 N–H and O–H groups in total. The summed E-state index contributed by atoms with van der Waals surface area (Å²) in [6.45, 7) is 7.96. The first kappa shape index (κ1) is 17.2. The van der Waals surface area contributed by atoms with Gasteiger partial charge in [-0.2, -0.15) is 0 Å². The Morgan fingerprint density at radius 3 is 2.38 bits per heavy atom. The second-order valence-corrected chi connectivity index (χ2v) is 5.75. The zero-order chi connectivity index (χ0) is 16.0. The Bertz CT molecular complexity index is 512. The van der Waals surface area contributed by atoms with Crippen LogP contribution >= 0.6 is 0 Å². The summed E-state index contributed by atoms with van der Waals surface area (Å²) < 4.78 is 0. The van der Waals surface area contributed by atoms with Crippen LogP contribution in [0.2, 0.25) is 0 Å². The smallest absolute Gasteiger partial charge is 0.313 e. The number of aliphatic hydroxyl groups is 1. The summed E-state index contributed by atoms with van der Waals surface area (Å²) in [6.07, 6.45) is -0.0534. The van der Waals surface area contributed by atoms with Gasteiger partial charge < -0.3 is 15.7 Å². The second-order valence-electron chi connectivity index (χ2n) is 5.75. The van der Waals surface area contributed by atoms with Gasteiger partial charge in [-0.1, -0.05) is 19.9 Å². The number of carbonyl (C=O) groups is 2. The Balaban J connectivity index is 2.47. The third-order valence-corrected chi connectivity index (χ3v) is 3.21. The van der Waals surface area contributed by atoms with Crippen molar-refractivity contribution in [2.24, 2.45) is 5.92 Å². The maximum Gasteiger partial charge on any atom is 0.313 e. The molecule has 0 aliphatic rings. The molecule has 5 heteroatoms. The summed E-state index contributed by atoms with van der Waals surface area (Å²) in [6, 6.07) is 5.45. The first-order chi connectivity index (χ1) is 9.79. The number of nitrogens with one attached hydrogen (secondary N) is 2. The van der Waals surface area contributed by atoms with Crippen LogP contribution in [-0.2, 0) is 9.59 Å². The lowest BCUT2D eigenvalue weighted by Gasteiger charge is -2.13. The van der Waals surface area contributed by atoms with E-state index in [9.17, 15) is 14.7 Å². The fourth-order valence-corrected chi connectivity index (χ4v) is 1.93. The van der Waals surface area contributed by atoms with Gasteiger partial charge in [0, 0.05) is 12.2 Å². The molecule has 1 atom stereocenters. The summed E-state index contributed by atoms with van der Waals surface area (Å²) >= 11 is 0. The molecule has 0 aromatic heterocycles. The molecule has 0 spiro atoms. The van der Waals surface area contributed by atoms with Gasteiger partial charge >= 0.3 is 11.8 Å². The summed E-state index contributed by atoms with van der Waals surface area (Å²) in [7, 11) is 0. The largest absolute Gasteiger partial charge is 0.391 e. The van der Waals surface area contributed by atoms with Gasteiger partial charge in [0.15, 0.2) is 0 Å². The number of benzene rings is 1. The maximum atomic E-state index is 11.7. The molecule has 0 saturated carbocycles. The molecule has 1 aromatic carbocycles. The topological polar surface area (TPSA) is 78.4 Å². The van der Waals surface area contributed by atoms with E-state index in [1.807, 2.05) is 39.8 Å². The first-order valence-electron chi connectivity index (χ1n) is 7.14. The normalized spacial score (nSPS) is 12.1. The van der Waals surface area contributed by atoms with E-state index in [1.165, 1.54) is 0 Å². The molecule has 0 aliphatic heterocycles. The zero-order valence-corrected chi connectivity index (χ0v) is 13.1. The second kappa shape index (κ2) is 7.78. The number of hydrogen-bond donors (Lipinski definition) is 3. The highest BCUT2D eigenvalue weighted by molar-refractivity contribution is 6.39. The van der Waals surface area contributed by atoms with E-state index < -0.39 is 17.9 Å². The Morgan fingerprint density at radius 2 is 1.81 bits per heavy atom. The minimum absolute atomic E-state index is 0.0807. The highest BCUT2D eigenvalue weighted by Gasteiger charge is 2.15. The lowest BCUT2D eigenvalue weighted by atomic mass is 10.1. The molecule has 1 rings (SSSR count). The van der Waals surface area contributed by atoms with Crippen LogP contribution in [0.25, 0.3) is 0 Å². The van der Waals surface area contributed by atoms with Crippen molar-refractivity contribution < 1.29 is 14.7 Å². The van der Waals surface area contributed by atoms with Crippen molar-refractivity contribution in [2.45, 2.75) is 40.2 Å². The SMILES string of the molecule is Cc1ccc(NC(=O)C(=O)NCC(O)CC(C)C)cc1C. The number of rotatable bonds is 5. The Hall–Kier alpha value is -1.88. The van der Waals surface area contributed by atoms with E-state index in [2.05, 4.69) is 10.6 Å². The molecule has 0 heterocycles. The molecule has 1 unspecified atom stereocenters. The lowest BCUT2D eigenvalue weighted by Crippen LogP contribution is -2.39. The molecule has 0 fully saturated rings. The zero-order valence-electron chi connectivity index (χ0n) is 13.1. The Labute approximate surface area is 125 Å². The Kier molecular flexibility index (Phi) is 6.37. The van der Waals surface area contributed by atoms with Crippen LogP contribution in [0.5, 0.6) is 0 Å². The highest BCUT2D eigenvalue weighted by atomic mass is 16.3. The predicted molar refractivity (Wildman–Crippen MR) is 83.0 cm³/mol. The van der Waals surface area contributed by atoms with E-state index in [4.69, 9.17) is 0 Å². The van der Waals surface area contributed by atoms with Gasteiger partial charge in [-0.3, -0.25) is 9.59 Å². The monoisotopic (exact) mass is 292 g/mol. The molecule has 21 heavy (non-hydrogen) atoms. The first-order valence-corrected chi connectivity index (χ1v) is 7.14. The van der Waals surface area contributed by atoms with Crippen molar-refractivity contribution in [1.82, 2.24) is 5.32 Å². The van der Waals surface area contributed by atoms with Crippen LogP contribution in [-0.4, -0.2) is 29.6 Å². The number of aryl methyl sites for hydroxylation is 2. The molecular formula is C16H24N2O3. The summed E-state index contributed by atoms with van der Waals surface area (Å²) in [5.41, 5.74) is 2.75. The molecule has 0 radical (unpaired) electrons. The molecule has 0 saturated heterocycles. The van der Waals surface area contributed by atoms with E-state index in [0.717, 1.165) is 11.1 Å². The van der Waals surface area contributed by atoms with Crippen LogP contribution in [0, 0.1) is 19.8 Å². The third kappa shape index (κ3) is 5.95. The average Bonchev–Trinajstić information content (AvgIpc) is 2.39. The summed E-state index contributed by atoms with van der Waals surface area (Å²) in [5, 5.41) is 14.6. The van der Waals surface area contributed by atoms with E-state index >= 15 is 0 Å².